The summed E-state index contributed by atoms with van der Waals surface area (Å²) in [4.78, 5) is 36.8. The molecule has 3 aromatic rings. The molecule has 0 spiro atoms. The average molecular weight is 350 g/mol. The average Bonchev–Trinajstić information content (AvgIpc) is 2.65. The molecule has 2 aromatic carbocycles. The molecule has 0 unspecified atom stereocenters. The quantitative estimate of drug-likeness (QED) is 0.329. The smallest absolute Gasteiger partial charge is 0.331 e. The van der Waals surface area contributed by atoms with Gasteiger partial charge in [0.1, 0.15) is 6.61 Å². The second kappa shape index (κ2) is 7.43. The third kappa shape index (κ3) is 4.02. The van der Waals surface area contributed by atoms with Crippen LogP contribution >= 0.6 is 0 Å². The Labute approximate surface area is 147 Å². The Bertz CT molecular complexity index is 1070. The van der Waals surface area contributed by atoms with Gasteiger partial charge in [-0.2, -0.15) is 0 Å². The fourth-order valence-corrected chi connectivity index (χ4v) is 2.40. The van der Waals surface area contributed by atoms with Gasteiger partial charge in [0.15, 0.2) is 0 Å². The molecule has 0 aliphatic rings. The summed E-state index contributed by atoms with van der Waals surface area (Å²) in [7, 11) is 0. The largest absolute Gasteiger partial charge is 0.457 e. The molecule has 26 heavy (non-hydrogen) atoms. The second-order valence-electron chi connectivity index (χ2n) is 5.50. The Morgan fingerprint density at radius 3 is 2.77 bits per heavy atom. The molecule has 0 saturated carbocycles. The minimum absolute atomic E-state index is 0.0665. The fourth-order valence-electron chi connectivity index (χ4n) is 2.40. The van der Waals surface area contributed by atoms with E-state index >= 15 is 0 Å². The number of ether oxygens (including phenoxy) is 1. The number of fused-ring (bicyclic) bond motifs is 1. The predicted octanol–water partition coefficient (Wildman–Crippen LogP) is 3.19. The van der Waals surface area contributed by atoms with Gasteiger partial charge >= 0.3 is 5.97 Å². The van der Waals surface area contributed by atoms with Crippen molar-refractivity contribution in [2.45, 2.75) is 6.61 Å². The van der Waals surface area contributed by atoms with Crippen molar-refractivity contribution in [2.75, 3.05) is 0 Å². The fraction of sp³-hybridized carbons (Fsp3) is 0.0526. The van der Waals surface area contributed by atoms with Crippen LogP contribution in [0, 0.1) is 10.1 Å². The van der Waals surface area contributed by atoms with Crippen molar-refractivity contribution in [2.24, 2.45) is 0 Å². The number of aromatic nitrogens is 1. The molecule has 1 heterocycles. The number of pyridine rings is 1. The molecule has 0 aliphatic heterocycles. The van der Waals surface area contributed by atoms with Crippen LogP contribution in [0.15, 0.2) is 65.5 Å². The standard InChI is InChI=1S/C19H14N2O5/c22-18(9-8-13-4-3-6-16(10-13)21(24)25)26-12-15-11-14-5-1-2-7-17(14)20-19(15)23/h1-11H,12H2,(H,20,23)/b9-8+. The number of nitro benzene ring substituents is 1. The summed E-state index contributed by atoms with van der Waals surface area (Å²) >= 11 is 0. The highest BCUT2D eigenvalue weighted by atomic mass is 16.6. The van der Waals surface area contributed by atoms with Crippen molar-refractivity contribution in [3.8, 4) is 0 Å². The predicted molar refractivity (Wildman–Crippen MR) is 96.5 cm³/mol. The number of para-hydroxylation sites is 1. The van der Waals surface area contributed by atoms with Gasteiger partial charge in [-0.3, -0.25) is 14.9 Å². The van der Waals surface area contributed by atoms with Crippen LogP contribution < -0.4 is 5.56 Å². The van der Waals surface area contributed by atoms with Crippen LogP contribution in [0.25, 0.3) is 17.0 Å². The van der Waals surface area contributed by atoms with Crippen LogP contribution in [0.4, 0.5) is 5.69 Å². The molecule has 0 amide bonds. The highest BCUT2D eigenvalue weighted by molar-refractivity contribution is 5.87. The molecule has 1 N–H and O–H groups in total. The van der Waals surface area contributed by atoms with E-state index in [1.165, 1.54) is 24.3 Å². The van der Waals surface area contributed by atoms with Crippen molar-refractivity contribution in [3.63, 3.8) is 0 Å². The zero-order valence-corrected chi connectivity index (χ0v) is 13.5. The molecular weight excluding hydrogens is 336 g/mol. The number of nitro groups is 1. The topological polar surface area (TPSA) is 102 Å². The molecule has 1 aromatic heterocycles. The molecule has 0 bridgehead atoms. The van der Waals surface area contributed by atoms with Gasteiger partial charge in [0.05, 0.1) is 10.5 Å². The zero-order chi connectivity index (χ0) is 18.5. The SMILES string of the molecule is O=C(/C=C/c1cccc([N+](=O)[O-])c1)OCc1cc2ccccc2[nH]c1=O. The van der Waals surface area contributed by atoms with Crippen molar-refractivity contribution in [1.82, 2.24) is 4.98 Å². The number of carbonyl (C=O) groups is 1. The maximum absolute atomic E-state index is 12.0. The summed E-state index contributed by atoms with van der Waals surface area (Å²) in [6.07, 6.45) is 2.58. The summed E-state index contributed by atoms with van der Waals surface area (Å²) in [5.74, 6) is -0.649. The number of nitrogens with zero attached hydrogens (tertiary/aromatic N) is 1. The number of carbonyl (C=O) groups excluding carboxylic acids is 1. The monoisotopic (exact) mass is 350 g/mol. The van der Waals surface area contributed by atoms with Gasteiger partial charge in [0.25, 0.3) is 11.2 Å². The molecule has 0 fully saturated rings. The Morgan fingerprint density at radius 2 is 1.96 bits per heavy atom. The maximum atomic E-state index is 12.0. The lowest BCUT2D eigenvalue weighted by Gasteiger charge is -2.04. The Kier molecular flexibility index (Phi) is 4.89. The summed E-state index contributed by atoms with van der Waals surface area (Å²) in [5, 5.41) is 11.6. The van der Waals surface area contributed by atoms with Crippen molar-refractivity contribution in [3.05, 3.63) is 92.3 Å². The van der Waals surface area contributed by atoms with Crippen LogP contribution in [0.3, 0.4) is 0 Å². The number of aromatic amines is 1. The van der Waals surface area contributed by atoms with E-state index in [4.69, 9.17) is 4.74 Å². The number of rotatable bonds is 5. The van der Waals surface area contributed by atoms with Crippen LogP contribution in [-0.4, -0.2) is 15.9 Å². The molecule has 0 atom stereocenters. The maximum Gasteiger partial charge on any atom is 0.331 e. The van der Waals surface area contributed by atoms with Gasteiger partial charge in [0, 0.05) is 23.7 Å². The summed E-state index contributed by atoms with van der Waals surface area (Å²) in [6.45, 7) is -0.168. The zero-order valence-electron chi connectivity index (χ0n) is 13.5. The first kappa shape index (κ1) is 17.1. The van der Waals surface area contributed by atoms with Crippen LogP contribution in [0.2, 0.25) is 0 Å². The molecular formula is C19H14N2O5. The molecule has 0 aliphatic carbocycles. The Morgan fingerprint density at radius 1 is 1.15 bits per heavy atom. The molecule has 0 saturated heterocycles. The molecule has 7 nitrogen and oxygen atoms in total. The van der Waals surface area contributed by atoms with E-state index in [0.29, 0.717) is 16.6 Å². The number of H-pyrrole nitrogens is 1. The van der Waals surface area contributed by atoms with Gasteiger partial charge in [-0.25, -0.2) is 4.79 Å². The van der Waals surface area contributed by atoms with Crippen LogP contribution in [0.5, 0.6) is 0 Å². The number of nitrogens with one attached hydrogen (secondary N) is 1. The molecule has 130 valence electrons. The Hall–Kier alpha value is -3.74. The van der Waals surface area contributed by atoms with E-state index in [9.17, 15) is 19.7 Å². The molecule has 7 heteroatoms. The van der Waals surface area contributed by atoms with Crippen LogP contribution in [0.1, 0.15) is 11.1 Å². The van der Waals surface area contributed by atoms with Gasteiger partial charge in [-0.15, -0.1) is 0 Å². The van der Waals surface area contributed by atoms with Crippen molar-refractivity contribution < 1.29 is 14.5 Å². The van der Waals surface area contributed by atoms with Gasteiger partial charge < -0.3 is 9.72 Å². The van der Waals surface area contributed by atoms with E-state index in [0.717, 1.165) is 11.5 Å². The van der Waals surface area contributed by atoms with E-state index < -0.39 is 10.9 Å². The lowest BCUT2D eigenvalue weighted by molar-refractivity contribution is -0.384. The number of non-ortho nitro benzene ring substituents is 1. The van der Waals surface area contributed by atoms with Gasteiger partial charge in [-0.1, -0.05) is 30.3 Å². The highest BCUT2D eigenvalue weighted by Gasteiger charge is 2.07. The number of hydrogen-bond donors (Lipinski definition) is 1. The normalized spacial score (nSPS) is 10.9. The van der Waals surface area contributed by atoms with E-state index in [2.05, 4.69) is 4.98 Å². The third-order valence-electron chi connectivity index (χ3n) is 3.69. The van der Waals surface area contributed by atoms with Crippen molar-refractivity contribution in [1.29, 1.82) is 0 Å². The minimum atomic E-state index is -0.649. The van der Waals surface area contributed by atoms with E-state index in [1.807, 2.05) is 18.2 Å². The summed E-state index contributed by atoms with van der Waals surface area (Å²) in [6, 6.07) is 14.8. The van der Waals surface area contributed by atoms with Gasteiger partial charge in [0.2, 0.25) is 0 Å². The summed E-state index contributed by atoms with van der Waals surface area (Å²) in [5.41, 5.74) is 1.15. The molecule has 3 rings (SSSR count). The summed E-state index contributed by atoms with van der Waals surface area (Å²) < 4.78 is 5.08. The number of benzene rings is 2. The Balaban J connectivity index is 1.67. The second-order valence-corrected chi connectivity index (χ2v) is 5.50. The van der Waals surface area contributed by atoms with Crippen molar-refractivity contribution >= 4 is 28.6 Å². The number of esters is 1. The third-order valence-corrected chi connectivity index (χ3v) is 3.69. The first-order valence-corrected chi connectivity index (χ1v) is 7.73. The lowest BCUT2D eigenvalue weighted by atomic mass is 10.1. The van der Waals surface area contributed by atoms with E-state index in [-0.39, 0.29) is 17.9 Å². The van der Waals surface area contributed by atoms with Gasteiger partial charge in [-0.05, 0) is 29.2 Å². The lowest BCUT2D eigenvalue weighted by Crippen LogP contribution is -2.14. The minimum Gasteiger partial charge on any atom is -0.457 e. The van der Waals surface area contributed by atoms with E-state index in [1.54, 1.807) is 18.2 Å². The number of hydrogen-bond acceptors (Lipinski definition) is 5. The molecule has 0 radical (unpaired) electrons. The highest BCUT2D eigenvalue weighted by Crippen LogP contribution is 2.14. The van der Waals surface area contributed by atoms with Crippen LogP contribution in [-0.2, 0) is 16.1 Å². The first-order chi connectivity index (χ1) is 12.5. The first-order valence-electron chi connectivity index (χ1n) is 7.73.